The molecule has 1 aliphatic heterocycles. The van der Waals surface area contributed by atoms with Crippen molar-refractivity contribution < 1.29 is 18.8 Å². The molecule has 1 atom stereocenters. The van der Waals surface area contributed by atoms with E-state index in [2.05, 4.69) is 5.32 Å². The maximum absolute atomic E-state index is 13.5. The maximum Gasteiger partial charge on any atom is 0.325 e. The number of hydrogen-bond donors (Lipinski definition) is 1. The number of Topliss-reactive ketones (excluding diaryl/α,β-unsaturated/α-hetero) is 1. The van der Waals surface area contributed by atoms with E-state index in [1.165, 1.54) is 18.2 Å². The van der Waals surface area contributed by atoms with Crippen LogP contribution in [0, 0.1) is 5.82 Å². The molecule has 3 aromatic rings. The van der Waals surface area contributed by atoms with Crippen LogP contribution in [0.5, 0.6) is 0 Å². The highest BCUT2D eigenvalue weighted by Crippen LogP contribution is 2.33. The van der Waals surface area contributed by atoms with E-state index in [1.807, 2.05) is 36.4 Å². The first-order chi connectivity index (χ1) is 14.5. The lowest BCUT2D eigenvalue weighted by Crippen LogP contribution is -2.46. The summed E-state index contributed by atoms with van der Waals surface area (Å²) in [6.07, 6.45) is 0.243. The number of ketones is 1. The molecule has 1 N–H and O–H groups in total. The van der Waals surface area contributed by atoms with Gasteiger partial charge in [-0.2, -0.15) is 0 Å². The van der Waals surface area contributed by atoms with E-state index >= 15 is 0 Å². The van der Waals surface area contributed by atoms with Gasteiger partial charge in [0.05, 0.1) is 6.54 Å². The van der Waals surface area contributed by atoms with Gasteiger partial charge < -0.3 is 5.32 Å². The number of carbonyl (C=O) groups is 3. The van der Waals surface area contributed by atoms with Gasteiger partial charge in [0.1, 0.15) is 5.82 Å². The van der Waals surface area contributed by atoms with Crippen LogP contribution >= 0.6 is 0 Å². The molecule has 5 nitrogen and oxygen atoms in total. The van der Waals surface area contributed by atoms with E-state index in [9.17, 15) is 18.8 Å². The standard InChI is InChI=1S/C24H19FN2O3/c25-20-13-7-10-18(14-20)21(28)16-27-22(29)24(26-23(27)30,19-11-5-2-6-12-19)15-17-8-3-1-4-9-17/h1-14H,15-16H2,(H,26,30)/t24-/m0/s1. The number of halogens is 1. The van der Waals surface area contributed by atoms with Crippen molar-refractivity contribution in [1.29, 1.82) is 0 Å². The molecule has 0 unspecified atom stereocenters. The molecule has 0 spiro atoms. The summed E-state index contributed by atoms with van der Waals surface area (Å²) < 4.78 is 13.5. The Kier molecular flexibility index (Phi) is 5.14. The smallest absolute Gasteiger partial charge is 0.319 e. The Balaban J connectivity index is 1.68. The summed E-state index contributed by atoms with van der Waals surface area (Å²) in [5.41, 5.74) is 0.291. The average molecular weight is 402 g/mol. The SMILES string of the molecule is O=C(CN1C(=O)N[C@@](Cc2ccccc2)(c2ccccc2)C1=O)c1cccc(F)c1. The number of benzene rings is 3. The van der Waals surface area contributed by atoms with Crippen molar-refractivity contribution in [3.63, 3.8) is 0 Å². The van der Waals surface area contributed by atoms with Crippen LogP contribution < -0.4 is 5.32 Å². The molecule has 0 bridgehead atoms. The predicted octanol–water partition coefficient (Wildman–Crippen LogP) is 3.70. The number of imide groups is 1. The van der Waals surface area contributed by atoms with Gasteiger partial charge in [-0.15, -0.1) is 0 Å². The molecule has 0 aromatic heterocycles. The minimum absolute atomic E-state index is 0.107. The Bertz CT molecular complexity index is 1100. The van der Waals surface area contributed by atoms with Crippen LogP contribution in [0.2, 0.25) is 0 Å². The van der Waals surface area contributed by atoms with Crippen LogP contribution in [0.25, 0.3) is 0 Å². The van der Waals surface area contributed by atoms with Crippen LogP contribution in [0.1, 0.15) is 21.5 Å². The van der Waals surface area contributed by atoms with Crippen molar-refractivity contribution in [2.45, 2.75) is 12.0 Å². The fourth-order valence-corrected chi connectivity index (χ4v) is 3.71. The van der Waals surface area contributed by atoms with Crippen LogP contribution in [0.15, 0.2) is 84.9 Å². The Morgan fingerprint density at radius 2 is 1.57 bits per heavy atom. The third kappa shape index (κ3) is 3.59. The molecule has 3 amide bonds. The van der Waals surface area contributed by atoms with Crippen LogP contribution in [0.4, 0.5) is 9.18 Å². The molecular formula is C24H19FN2O3. The lowest BCUT2D eigenvalue weighted by Gasteiger charge is -2.27. The van der Waals surface area contributed by atoms with Gasteiger partial charge in [0, 0.05) is 12.0 Å². The highest BCUT2D eigenvalue weighted by Gasteiger charge is 2.52. The Hall–Kier alpha value is -3.80. The number of rotatable bonds is 6. The lowest BCUT2D eigenvalue weighted by atomic mass is 9.83. The molecule has 0 radical (unpaired) electrons. The zero-order chi connectivity index (χ0) is 21.1. The zero-order valence-electron chi connectivity index (χ0n) is 16.0. The van der Waals surface area contributed by atoms with Crippen LogP contribution in [-0.4, -0.2) is 29.2 Å². The molecule has 1 heterocycles. The topological polar surface area (TPSA) is 66.5 Å². The monoisotopic (exact) mass is 402 g/mol. The fraction of sp³-hybridized carbons (Fsp3) is 0.125. The molecule has 3 aromatic carbocycles. The third-order valence-corrected chi connectivity index (χ3v) is 5.20. The van der Waals surface area contributed by atoms with Gasteiger partial charge in [0.15, 0.2) is 11.3 Å². The minimum atomic E-state index is -1.32. The normalized spacial score (nSPS) is 18.4. The minimum Gasteiger partial charge on any atom is -0.319 e. The highest BCUT2D eigenvalue weighted by molar-refractivity contribution is 6.11. The Morgan fingerprint density at radius 3 is 2.23 bits per heavy atom. The molecule has 30 heavy (non-hydrogen) atoms. The van der Waals surface area contributed by atoms with Crippen molar-refractivity contribution in [2.24, 2.45) is 0 Å². The first-order valence-electron chi connectivity index (χ1n) is 9.52. The summed E-state index contributed by atoms with van der Waals surface area (Å²) >= 11 is 0. The molecule has 4 rings (SSSR count). The number of nitrogens with one attached hydrogen (secondary N) is 1. The summed E-state index contributed by atoms with van der Waals surface area (Å²) in [5, 5.41) is 2.81. The first-order valence-corrected chi connectivity index (χ1v) is 9.52. The third-order valence-electron chi connectivity index (χ3n) is 5.20. The molecule has 1 saturated heterocycles. The first kappa shape index (κ1) is 19.5. The number of carbonyl (C=O) groups excluding carboxylic acids is 3. The Labute approximate surface area is 173 Å². The number of hydrogen-bond acceptors (Lipinski definition) is 3. The van der Waals surface area contributed by atoms with E-state index in [1.54, 1.807) is 24.3 Å². The second-order valence-electron chi connectivity index (χ2n) is 7.19. The molecule has 1 fully saturated rings. The van der Waals surface area contributed by atoms with Crippen molar-refractivity contribution in [3.05, 3.63) is 107 Å². The van der Waals surface area contributed by atoms with Crippen molar-refractivity contribution in [3.8, 4) is 0 Å². The molecule has 0 saturated carbocycles. The van der Waals surface area contributed by atoms with Gasteiger partial charge >= 0.3 is 6.03 Å². The van der Waals surface area contributed by atoms with Crippen molar-refractivity contribution in [1.82, 2.24) is 10.2 Å². The van der Waals surface area contributed by atoms with Gasteiger partial charge in [-0.1, -0.05) is 72.8 Å². The lowest BCUT2D eigenvalue weighted by molar-refractivity contribution is -0.131. The number of urea groups is 1. The predicted molar refractivity (Wildman–Crippen MR) is 109 cm³/mol. The molecule has 0 aliphatic carbocycles. The van der Waals surface area contributed by atoms with Gasteiger partial charge in [-0.05, 0) is 23.3 Å². The fourth-order valence-electron chi connectivity index (χ4n) is 3.71. The van der Waals surface area contributed by atoms with E-state index < -0.39 is 35.6 Å². The largest absolute Gasteiger partial charge is 0.325 e. The number of nitrogens with zero attached hydrogens (tertiary/aromatic N) is 1. The quantitative estimate of drug-likeness (QED) is 0.505. The summed E-state index contributed by atoms with van der Waals surface area (Å²) in [6.45, 7) is -0.461. The summed E-state index contributed by atoms with van der Waals surface area (Å²) in [7, 11) is 0. The van der Waals surface area contributed by atoms with Crippen LogP contribution in [0.3, 0.4) is 0 Å². The van der Waals surface area contributed by atoms with Crippen molar-refractivity contribution in [2.75, 3.05) is 6.54 Å². The Morgan fingerprint density at radius 1 is 0.900 bits per heavy atom. The van der Waals surface area contributed by atoms with Gasteiger partial charge in [-0.25, -0.2) is 9.18 Å². The number of amides is 3. The molecule has 6 heteroatoms. The van der Waals surface area contributed by atoms with Gasteiger partial charge in [0.2, 0.25) is 0 Å². The molecular weight excluding hydrogens is 383 g/mol. The second-order valence-corrected chi connectivity index (χ2v) is 7.19. The summed E-state index contributed by atoms with van der Waals surface area (Å²) in [5.74, 6) is -1.57. The van der Waals surface area contributed by atoms with E-state index in [0.717, 1.165) is 16.5 Å². The van der Waals surface area contributed by atoms with E-state index in [0.29, 0.717) is 5.56 Å². The molecule has 150 valence electrons. The summed E-state index contributed by atoms with van der Waals surface area (Å²) in [6, 6.07) is 22.9. The van der Waals surface area contributed by atoms with Crippen LogP contribution in [-0.2, 0) is 16.8 Å². The highest BCUT2D eigenvalue weighted by atomic mass is 19.1. The second kappa shape index (κ2) is 7.91. The summed E-state index contributed by atoms with van der Waals surface area (Å²) in [4.78, 5) is 39.8. The van der Waals surface area contributed by atoms with Gasteiger partial charge in [-0.3, -0.25) is 14.5 Å². The average Bonchev–Trinajstić information content (AvgIpc) is 3.00. The maximum atomic E-state index is 13.5. The van der Waals surface area contributed by atoms with E-state index in [4.69, 9.17) is 0 Å². The van der Waals surface area contributed by atoms with Gasteiger partial charge in [0.25, 0.3) is 5.91 Å². The van der Waals surface area contributed by atoms with E-state index in [-0.39, 0.29) is 12.0 Å². The molecule has 1 aliphatic rings. The zero-order valence-corrected chi connectivity index (χ0v) is 16.0. The van der Waals surface area contributed by atoms with Crippen molar-refractivity contribution >= 4 is 17.7 Å².